The van der Waals surface area contributed by atoms with Crippen molar-refractivity contribution in [1.29, 1.82) is 0 Å². The zero-order valence-corrected chi connectivity index (χ0v) is 20.1. The number of ether oxygens (including phenoxy) is 2. The monoisotopic (exact) mass is 521 g/mol. The summed E-state index contributed by atoms with van der Waals surface area (Å²) in [6, 6.07) is 0.261. The molecule has 0 spiro atoms. The van der Waals surface area contributed by atoms with E-state index < -0.39 is 50.7 Å². The van der Waals surface area contributed by atoms with E-state index in [0.29, 0.717) is 16.9 Å². The lowest BCUT2D eigenvalue weighted by atomic mass is 10.1. The fraction of sp³-hybridized carbons (Fsp3) is 0.737. The maximum Gasteiger partial charge on any atom is 0.356 e. The van der Waals surface area contributed by atoms with Gasteiger partial charge in [-0.2, -0.15) is 15.1 Å². The second-order valence-corrected chi connectivity index (χ2v) is 11.2. The van der Waals surface area contributed by atoms with Crippen LogP contribution in [0, 0.1) is 0 Å². The van der Waals surface area contributed by atoms with Gasteiger partial charge in [0, 0.05) is 19.1 Å². The molecule has 2 unspecified atom stereocenters. The first-order valence-electron chi connectivity index (χ1n) is 11.0. The van der Waals surface area contributed by atoms with Crippen LogP contribution in [-0.4, -0.2) is 87.8 Å². The molecule has 1 aliphatic carbocycles. The minimum atomic E-state index is -4.75. The van der Waals surface area contributed by atoms with E-state index >= 15 is 0 Å². The zero-order valence-electron chi connectivity index (χ0n) is 18.5. The van der Waals surface area contributed by atoms with Crippen LogP contribution in [0.2, 0.25) is 5.28 Å². The summed E-state index contributed by atoms with van der Waals surface area (Å²) < 4.78 is 24.3. The van der Waals surface area contributed by atoms with Gasteiger partial charge in [0.25, 0.3) is 0 Å². The number of aliphatic hydroxyl groups excluding tert-OH is 3. The van der Waals surface area contributed by atoms with Crippen LogP contribution in [0.15, 0.2) is 6.20 Å². The topological polar surface area (TPSA) is 192 Å². The second kappa shape index (κ2) is 9.92. The molecule has 5 atom stereocenters. The molecule has 0 bridgehead atoms. The SMILES string of the molecule is CC(CCO)(OC[C@H]1OC(n2ncc3c(NC4CCCC4)nc(Cl)nc32)[C@H](O)[C@@H]1O)P(=O)(O)O. The Morgan fingerprint density at radius 1 is 1.29 bits per heavy atom. The van der Waals surface area contributed by atoms with Gasteiger partial charge >= 0.3 is 7.60 Å². The Morgan fingerprint density at radius 3 is 2.65 bits per heavy atom. The first-order chi connectivity index (χ1) is 16.0. The summed E-state index contributed by atoms with van der Waals surface area (Å²) in [6.07, 6.45) is 0.303. The number of nitrogens with zero attached hydrogens (tertiary/aromatic N) is 4. The largest absolute Gasteiger partial charge is 0.396 e. The van der Waals surface area contributed by atoms with Gasteiger partial charge in [-0.05, 0) is 31.4 Å². The molecule has 2 aromatic rings. The molecule has 0 radical (unpaired) electrons. The summed E-state index contributed by atoms with van der Waals surface area (Å²) in [5, 5.41) is 36.5. The number of fused-ring (bicyclic) bond motifs is 1. The van der Waals surface area contributed by atoms with Crippen molar-refractivity contribution in [3.05, 3.63) is 11.5 Å². The summed E-state index contributed by atoms with van der Waals surface area (Å²) in [5.74, 6) is 0.516. The Kier molecular flexibility index (Phi) is 7.49. The van der Waals surface area contributed by atoms with Crippen LogP contribution in [0.3, 0.4) is 0 Å². The lowest BCUT2D eigenvalue weighted by Gasteiger charge is -2.31. The third-order valence-corrected chi connectivity index (χ3v) is 8.21. The highest BCUT2D eigenvalue weighted by molar-refractivity contribution is 7.53. The average molecular weight is 522 g/mol. The molecule has 34 heavy (non-hydrogen) atoms. The third kappa shape index (κ3) is 4.95. The first kappa shape index (κ1) is 25.7. The highest BCUT2D eigenvalue weighted by Gasteiger charge is 2.48. The van der Waals surface area contributed by atoms with Gasteiger partial charge in [0.2, 0.25) is 5.28 Å². The standard InChI is InChI=1S/C19H29ClN5O8P/c1-19(6-7-26,34(29,30)31)32-9-12-13(27)14(28)17(33-12)25-16-11(8-21-25)15(23-18(20)24-16)22-10-4-2-3-5-10/h8,10,12-14,17,26-28H,2-7,9H2,1H3,(H,22,23,24)(H2,29,30,31)/t12-,13-,14-,17?,19?/m1/s1. The van der Waals surface area contributed by atoms with Gasteiger partial charge in [-0.1, -0.05) is 12.8 Å². The van der Waals surface area contributed by atoms with E-state index in [2.05, 4.69) is 20.4 Å². The van der Waals surface area contributed by atoms with E-state index in [4.69, 9.17) is 26.2 Å². The number of aliphatic hydroxyl groups is 3. The number of rotatable bonds is 9. The molecule has 1 saturated carbocycles. The van der Waals surface area contributed by atoms with Crippen molar-refractivity contribution in [3.8, 4) is 0 Å². The molecule has 1 aliphatic heterocycles. The van der Waals surface area contributed by atoms with Gasteiger partial charge in [-0.25, -0.2) is 4.68 Å². The molecule has 13 nitrogen and oxygen atoms in total. The number of aromatic nitrogens is 4. The third-order valence-electron chi connectivity index (χ3n) is 6.45. The van der Waals surface area contributed by atoms with Crippen LogP contribution < -0.4 is 5.32 Å². The molecule has 1 saturated heterocycles. The fourth-order valence-electron chi connectivity index (χ4n) is 4.30. The Balaban J connectivity index is 1.55. The molecule has 6 N–H and O–H groups in total. The normalized spacial score (nSPS) is 28.0. The number of halogens is 1. The summed E-state index contributed by atoms with van der Waals surface area (Å²) >= 11 is 6.14. The molecule has 15 heteroatoms. The van der Waals surface area contributed by atoms with Gasteiger partial charge in [0.1, 0.15) is 24.1 Å². The molecule has 0 amide bonds. The van der Waals surface area contributed by atoms with Gasteiger partial charge in [0.05, 0.1) is 18.2 Å². The maximum atomic E-state index is 11.8. The smallest absolute Gasteiger partial charge is 0.356 e. The molecule has 2 fully saturated rings. The molecule has 2 aliphatic rings. The van der Waals surface area contributed by atoms with Crippen LogP contribution in [0.5, 0.6) is 0 Å². The summed E-state index contributed by atoms with van der Waals surface area (Å²) in [5.41, 5.74) is 0.290. The highest BCUT2D eigenvalue weighted by atomic mass is 35.5. The quantitative estimate of drug-likeness (QED) is 0.200. The Labute approximate surface area is 200 Å². The van der Waals surface area contributed by atoms with Crippen molar-refractivity contribution in [2.45, 2.75) is 75.0 Å². The lowest BCUT2D eigenvalue weighted by Crippen LogP contribution is -2.38. The van der Waals surface area contributed by atoms with Crippen LogP contribution in [0.4, 0.5) is 5.82 Å². The first-order valence-corrected chi connectivity index (χ1v) is 13.0. The number of hydrogen-bond donors (Lipinski definition) is 6. The van der Waals surface area contributed by atoms with Crippen molar-refractivity contribution < 1.29 is 39.1 Å². The average Bonchev–Trinajstić information content (AvgIpc) is 3.48. The summed E-state index contributed by atoms with van der Waals surface area (Å²) in [4.78, 5) is 27.7. The van der Waals surface area contributed by atoms with Crippen LogP contribution in [0.1, 0.15) is 45.3 Å². The van der Waals surface area contributed by atoms with E-state index in [1.165, 1.54) is 10.9 Å². The van der Waals surface area contributed by atoms with Gasteiger partial charge in [-0.15, -0.1) is 0 Å². The molecule has 3 heterocycles. The number of hydrogen-bond acceptors (Lipinski definition) is 10. The van der Waals surface area contributed by atoms with Crippen molar-refractivity contribution in [2.75, 3.05) is 18.5 Å². The second-order valence-electron chi connectivity index (χ2n) is 8.84. The fourth-order valence-corrected chi connectivity index (χ4v) is 5.10. The Morgan fingerprint density at radius 2 is 2.00 bits per heavy atom. The molecule has 2 aromatic heterocycles. The molecular formula is C19H29ClN5O8P. The van der Waals surface area contributed by atoms with Crippen molar-refractivity contribution >= 4 is 36.0 Å². The van der Waals surface area contributed by atoms with E-state index in [9.17, 15) is 24.6 Å². The minimum Gasteiger partial charge on any atom is -0.396 e. The van der Waals surface area contributed by atoms with Crippen molar-refractivity contribution in [3.63, 3.8) is 0 Å². The van der Waals surface area contributed by atoms with E-state index in [1.807, 2.05) is 0 Å². The Hall–Kier alpha value is -1.41. The maximum absolute atomic E-state index is 11.8. The van der Waals surface area contributed by atoms with Crippen LogP contribution >= 0.6 is 19.2 Å². The lowest BCUT2D eigenvalue weighted by molar-refractivity contribution is -0.0980. The van der Waals surface area contributed by atoms with Crippen LogP contribution in [0.25, 0.3) is 11.0 Å². The summed E-state index contributed by atoms with van der Waals surface area (Å²) in [7, 11) is -4.75. The number of anilines is 1. The molecule has 4 rings (SSSR count). The summed E-state index contributed by atoms with van der Waals surface area (Å²) in [6.45, 7) is 0.204. The van der Waals surface area contributed by atoms with Crippen molar-refractivity contribution in [2.24, 2.45) is 0 Å². The van der Waals surface area contributed by atoms with E-state index in [0.717, 1.165) is 32.6 Å². The number of nitrogens with one attached hydrogen (secondary N) is 1. The van der Waals surface area contributed by atoms with Crippen molar-refractivity contribution in [1.82, 2.24) is 19.7 Å². The predicted octanol–water partition coefficient (Wildman–Crippen LogP) is 0.746. The zero-order chi connectivity index (χ0) is 24.7. The molecule has 0 aromatic carbocycles. The molecule has 190 valence electrons. The predicted molar refractivity (Wildman–Crippen MR) is 120 cm³/mol. The van der Waals surface area contributed by atoms with E-state index in [-0.39, 0.29) is 17.7 Å². The molecular weight excluding hydrogens is 493 g/mol. The van der Waals surface area contributed by atoms with E-state index in [1.54, 1.807) is 0 Å². The minimum absolute atomic E-state index is 0.0240. The van der Waals surface area contributed by atoms with Gasteiger partial charge < -0.3 is 39.9 Å². The highest BCUT2D eigenvalue weighted by Crippen LogP contribution is 2.53. The van der Waals surface area contributed by atoms with Gasteiger partial charge in [0.15, 0.2) is 17.2 Å². The van der Waals surface area contributed by atoms with Crippen LogP contribution in [-0.2, 0) is 14.0 Å². The van der Waals surface area contributed by atoms with Gasteiger partial charge in [-0.3, -0.25) is 4.57 Å². The Bertz CT molecular complexity index is 1060.